The van der Waals surface area contributed by atoms with Crippen LogP contribution in [0.2, 0.25) is 0 Å². The first-order valence-corrected chi connectivity index (χ1v) is 7.21. The first-order valence-electron chi connectivity index (χ1n) is 7.21. The first-order chi connectivity index (χ1) is 9.52. The molecule has 1 fully saturated rings. The summed E-state index contributed by atoms with van der Waals surface area (Å²) in [5.74, 6) is 1.30. The van der Waals surface area contributed by atoms with Crippen LogP contribution in [0.3, 0.4) is 0 Å². The van der Waals surface area contributed by atoms with Crippen LogP contribution in [0.1, 0.15) is 56.8 Å². The molecule has 0 unspecified atom stereocenters. The largest absolute Gasteiger partial charge is 0.338 e. The van der Waals surface area contributed by atoms with E-state index in [1.807, 2.05) is 18.2 Å². The molecule has 0 radical (unpaired) electrons. The van der Waals surface area contributed by atoms with Crippen LogP contribution in [0.5, 0.6) is 0 Å². The maximum absolute atomic E-state index is 6.39. The van der Waals surface area contributed by atoms with Crippen LogP contribution < -0.4 is 5.73 Å². The molecule has 1 aliphatic rings. The van der Waals surface area contributed by atoms with Crippen LogP contribution in [0.25, 0.3) is 0 Å². The minimum absolute atomic E-state index is 0.304. The topological polar surface area (TPSA) is 64.9 Å². The van der Waals surface area contributed by atoms with Gasteiger partial charge in [-0.1, -0.05) is 48.3 Å². The molecular weight excluding hydrogens is 250 g/mol. The van der Waals surface area contributed by atoms with Gasteiger partial charge in [-0.3, -0.25) is 0 Å². The molecule has 0 aliphatic heterocycles. The Morgan fingerprint density at radius 1 is 1.15 bits per heavy atom. The molecule has 0 spiro atoms. The number of rotatable bonds is 3. The molecule has 0 bridgehead atoms. The molecular formula is C16H21N3O. The maximum Gasteiger partial charge on any atom is 0.236 e. The highest BCUT2D eigenvalue weighted by Crippen LogP contribution is 2.36. The van der Waals surface area contributed by atoms with Crippen LogP contribution in [0.15, 0.2) is 34.9 Å². The second-order valence-electron chi connectivity index (χ2n) is 6.28. The van der Waals surface area contributed by atoms with E-state index in [4.69, 9.17) is 10.3 Å². The number of nitrogens with zero attached hydrogens (tertiary/aromatic N) is 2. The molecule has 0 amide bonds. The van der Waals surface area contributed by atoms with Gasteiger partial charge in [-0.2, -0.15) is 4.98 Å². The normalized spacial score (nSPS) is 18.4. The zero-order chi connectivity index (χ0) is 14.2. The van der Waals surface area contributed by atoms with Crippen LogP contribution in [-0.4, -0.2) is 10.1 Å². The van der Waals surface area contributed by atoms with Crippen LogP contribution in [0, 0.1) is 0 Å². The van der Waals surface area contributed by atoms with Gasteiger partial charge in [0.15, 0.2) is 5.82 Å². The highest BCUT2D eigenvalue weighted by molar-refractivity contribution is 5.29. The molecule has 0 atom stereocenters. The zero-order valence-electron chi connectivity index (χ0n) is 12.1. The van der Waals surface area contributed by atoms with Gasteiger partial charge in [-0.25, -0.2) is 0 Å². The van der Waals surface area contributed by atoms with Crippen molar-refractivity contribution in [1.29, 1.82) is 0 Å². The molecule has 2 N–H and O–H groups in total. The van der Waals surface area contributed by atoms with E-state index in [-0.39, 0.29) is 5.41 Å². The summed E-state index contributed by atoms with van der Waals surface area (Å²) in [5.41, 5.74) is 6.85. The summed E-state index contributed by atoms with van der Waals surface area (Å²) in [6, 6.07) is 10.2. The summed E-state index contributed by atoms with van der Waals surface area (Å²) in [7, 11) is 0. The number of nitrogens with two attached hydrogens (primary N) is 1. The van der Waals surface area contributed by atoms with Crippen molar-refractivity contribution in [2.24, 2.45) is 5.73 Å². The standard InChI is InChI=1S/C16H21N3O/c1-15(2,12-8-4-3-5-9-12)14-18-13(19-20-14)16(17)10-6-7-11-16/h3-5,8-9H,6-7,10-11,17H2,1-2H3. The Kier molecular flexibility index (Phi) is 3.13. The van der Waals surface area contributed by atoms with E-state index in [0.29, 0.717) is 11.7 Å². The molecule has 4 nitrogen and oxygen atoms in total. The van der Waals surface area contributed by atoms with Gasteiger partial charge in [-0.15, -0.1) is 0 Å². The smallest absolute Gasteiger partial charge is 0.236 e. The Morgan fingerprint density at radius 3 is 2.45 bits per heavy atom. The summed E-state index contributed by atoms with van der Waals surface area (Å²) in [6.07, 6.45) is 4.17. The van der Waals surface area contributed by atoms with Crippen LogP contribution in [0.4, 0.5) is 0 Å². The number of hydrogen-bond donors (Lipinski definition) is 1. The molecule has 1 aliphatic carbocycles. The van der Waals surface area contributed by atoms with Gasteiger partial charge >= 0.3 is 0 Å². The van der Waals surface area contributed by atoms with Gasteiger partial charge in [-0.05, 0) is 32.3 Å². The third-order valence-corrected chi connectivity index (χ3v) is 4.40. The molecule has 106 valence electrons. The van der Waals surface area contributed by atoms with E-state index < -0.39 is 5.54 Å². The average Bonchev–Trinajstić information content (AvgIpc) is 3.09. The van der Waals surface area contributed by atoms with Gasteiger partial charge in [0.05, 0.1) is 11.0 Å². The molecule has 3 rings (SSSR count). The van der Waals surface area contributed by atoms with E-state index in [2.05, 4.69) is 36.1 Å². The molecule has 1 aromatic carbocycles. The lowest BCUT2D eigenvalue weighted by Gasteiger charge is -2.21. The Bertz CT molecular complexity index is 583. The lowest BCUT2D eigenvalue weighted by molar-refractivity contribution is 0.318. The van der Waals surface area contributed by atoms with Gasteiger partial charge in [0, 0.05) is 0 Å². The summed E-state index contributed by atoms with van der Waals surface area (Å²) in [4.78, 5) is 4.61. The zero-order valence-corrected chi connectivity index (χ0v) is 12.1. The summed E-state index contributed by atoms with van der Waals surface area (Å²) < 4.78 is 5.52. The fourth-order valence-electron chi connectivity index (χ4n) is 2.89. The fourth-order valence-corrected chi connectivity index (χ4v) is 2.89. The van der Waals surface area contributed by atoms with E-state index in [0.717, 1.165) is 31.2 Å². The second kappa shape index (κ2) is 4.70. The molecule has 1 aromatic heterocycles. The van der Waals surface area contributed by atoms with E-state index >= 15 is 0 Å². The minimum Gasteiger partial charge on any atom is -0.338 e. The van der Waals surface area contributed by atoms with Gasteiger partial charge in [0.1, 0.15) is 0 Å². The maximum atomic E-state index is 6.39. The minimum atomic E-state index is -0.394. The molecule has 1 saturated carbocycles. The highest BCUT2D eigenvalue weighted by atomic mass is 16.5. The average molecular weight is 271 g/mol. The van der Waals surface area contributed by atoms with Crippen molar-refractivity contribution in [2.75, 3.05) is 0 Å². The number of hydrogen-bond acceptors (Lipinski definition) is 4. The summed E-state index contributed by atoms with van der Waals surface area (Å²) in [6.45, 7) is 4.19. The third-order valence-electron chi connectivity index (χ3n) is 4.40. The predicted octanol–water partition coefficient (Wildman–Crippen LogP) is 3.12. The van der Waals surface area contributed by atoms with E-state index in [1.54, 1.807) is 0 Å². The Balaban J connectivity index is 1.94. The molecule has 2 aromatic rings. The van der Waals surface area contributed by atoms with Gasteiger partial charge < -0.3 is 10.3 Å². The van der Waals surface area contributed by atoms with Gasteiger partial charge in [0.25, 0.3) is 0 Å². The predicted molar refractivity (Wildman–Crippen MR) is 77.2 cm³/mol. The van der Waals surface area contributed by atoms with Crippen molar-refractivity contribution in [3.05, 3.63) is 47.6 Å². The number of benzene rings is 1. The van der Waals surface area contributed by atoms with Crippen LogP contribution >= 0.6 is 0 Å². The highest BCUT2D eigenvalue weighted by Gasteiger charge is 2.38. The van der Waals surface area contributed by atoms with Crippen molar-refractivity contribution in [1.82, 2.24) is 10.1 Å². The lowest BCUT2D eigenvalue weighted by atomic mass is 9.84. The van der Waals surface area contributed by atoms with Crippen LogP contribution in [-0.2, 0) is 11.0 Å². The van der Waals surface area contributed by atoms with Crippen molar-refractivity contribution >= 4 is 0 Å². The molecule has 0 saturated heterocycles. The lowest BCUT2D eigenvalue weighted by Crippen LogP contribution is -2.34. The van der Waals surface area contributed by atoms with Crippen molar-refractivity contribution < 1.29 is 4.52 Å². The Labute approximate surface area is 119 Å². The SMILES string of the molecule is CC(C)(c1ccccc1)c1nc(C2(N)CCCC2)no1. The Morgan fingerprint density at radius 2 is 1.80 bits per heavy atom. The summed E-state index contributed by atoms with van der Waals surface area (Å²) >= 11 is 0. The first kappa shape index (κ1) is 13.3. The third kappa shape index (κ3) is 2.14. The number of aromatic nitrogens is 2. The quantitative estimate of drug-likeness (QED) is 0.931. The van der Waals surface area contributed by atoms with Crippen molar-refractivity contribution in [2.45, 2.75) is 50.5 Å². The second-order valence-corrected chi connectivity index (χ2v) is 6.28. The molecule has 1 heterocycles. The van der Waals surface area contributed by atoms with Crippen molar-refractivity contribution in [3.63, 3.8) is 0 Å². The molecule has 4 heteroatoms. The molecule has 20 heavy (non-hydrogen) atoms. The van der Waals surface area contributed by atoms with Gasteiger partial charge in [0.2, 0.25) is 5.89 Å². The fraction of sp³-hybridized carbons (Fsp3) is 0.500. The summed E-state index contributed by atoms with van der Waals surface area (Å²) in [5, 5.41) is 4.15. The monoisotopic (exact) mass is 271 g/mol. The van der Waals surface area contributed by atoms with E-state index in [1.165, 1.54) is 0 Å². The van der Waals surface area contributed by atoms with E-state index in [9.17, 15) is 0 Å². The Hall–Kier alpha value is -1.68. The van der Waals surface area contributed by atoms with Crippen molar-refractivity contribution in [3.8, 4) is 0 Å².